The van der Waals surface area contributed by atoms with E-state index >= 15 is 0 Å². The SMILES string of the molecule is O=C(NCc1ccccc1)N(Cc1ccc(F)cc1)Cc1nc2ccccc2c(=O)[nH]1. The number of hydrogen-bond acceptors (Lipinski definition) is 3. The fraction of sp³-hybridized carbons (Fsp3) is 0.125. The van der Waals surface area contributed by atoms with E-state index in [1.54, 1.807) is 36.4 Å². The number of rotatable bonds is 6. The van der Waals surface area contributed by atoms with Crippen LogP contribution in [0, 0.1) is 5.82 Å². The Morgan fingerprint density at radius 1 is 0.903 bits per heavy atom. The Hall–Kier alpha value is -4.00. The molecule has 0 bridgehead atoms. The van der Waals surface area contributed by atoms with Crippen molar-refractivity contribution < 1.29 is 9.18 Å². The van der Waals surface area contributed by atoms with Gasteiger partial charge in [0.1, 0.15) is 11.6 Å². The van der Waals surface area contributed by atoms with Gasteiger partial charge in [-0.2, -0.15) is 0 Å². The van der Waals surface area contributed by atoms with Gasteiger partial charge in [-0.15, -0.1) is 0 Å². The van der Waals surface area contributed by atoms with Crippen LogP contribution in [0.1, 0.15) is 17.0 Å². The van der Waals surface area contributed by atoms with Crippen molar-refractivity contribution in [1.29, 1.82) is 0 Å². The van der Waals surface area contributed by atoms with Crippen LogP contribution in [0.3, 0.4) is 0 Å². The number of nitrogens with zero attached hydrogens (tertiary/aromatic N) is 2. The third-order valence-corrected chi connectivity index (χ3v) is 4.86. The van der Waals surface area contributed by atoms with E-state index in [0.29, 0.717) is 23.3 Å². The molecule has 0 saturated heterocycles. The molecule has 6 nitrogen and oxygen atoms in total. The van der Waals surface area contributed by atoms with E-state index in [1.807, 2.05) is 30.3 Å². The number of carbonyl (C=O) groups is 1. The predicted molar refractivity (Wildman–Crippen MR) is 117 cm³/mol. The molecule has 156 valence electrons. The van der Waals surface area contributed by atoms with Crippen molar-refractivity contribution >= 4 is 16.9 Å². The maximum Gasteiger partial charge on any atom is 0.318 e. The van der Waals surface area contributed by atoms with Gasteiger partial charge in [0.2, 0.25) is 0 Å². The highest BCUT2D eigenvalue weighted by molar-refractivity contribution is 5.77. The Kier molecular flexibility index (Phi) is 6.03. The Morgan fingerprint density at radius 3 is 2.39 bits per heavy atom. The Morgan fingerprint density at radius 2 is 1.61 bits per heavy atom. The minimum Gasteiger partial charge on any atom is -0.334 e. The number of aromatic amines is 1. The largest absolute Gasteiger partial charge is 0.334 e. The molecule has 0 aliphatic heterocycles. The lowest BCUT2D eigenvalue weighted by atomic mass is 10.2. The molecule has 0 spiro atoms. The van der Waals surface area contributed by atoms with E-state index in [2.05, 4.69) is 15.3 Å². The minimum absolute atomic E-state index is 0.0953. The van der Waals surface area contributed by atoms with Crippen LogP contribution in [-0.2, 0) is 19.6 Å². The average Bonchev–Trinajstić information content (AvgIpc) is 2.79. The molecule has 31 heavy (non-hydrogen) atoms. The molecule has 7 heteroatoms. The molecule has 0 radical (unpaired) electrons. The second-order valence-corrected chi connectivity index (χ2v) is 7.16. The average molecular weight is 416 g/mol. The molecule has 0 unspecified atom stereocenters. The van der Waals surface area contributed by atoms with Crippen LogP contribution in [-0.4, -0.2) is 20.9 Å². The summed E-state index contributed by atoms with van der Waals surface area (Å²) in [5, 5.41) is 3.39. The van der Waals surface area contributed by atoms with E-state index < -0.39 is 0 Å². The highest BCUT2D eigenvalue weighted by atomic mass is 19.1. The molecule has 4 rings (SSSR count). The predicted octanol–water partition coefficient (Wildman–Crippen LogP) is 3.97. The third-order valence-electron chi connectivity index (χ3n) is 4.86. The molecule has 0 fully saturated rings. The Bertz CT molecular complexity index is 1240. The molecule has 4 aromatic rings. The summed E-state index contributed by atoms with van der Waals surface area (Å²) >= 11 is 0. The first-order valence-corrected chi connectivity index (χ1v) is 9.87. The normalized spacial score (nSPS) is 10.7. The standard InChI is InChI=1S/C24H21FN4O2/c25-19-12-10-18(11-13-19)15-29(24(31)26-14-17-6-2-1-3-7-17)16-22-27-21-9-5-4-8-20(21)23(30)28-22/h1-13H,14-16H2,(H,26,31)(H,27,28,30). The second kappa shape index (κ2) is 9.21. The number of para-hydroxylation sites is 1. The first-order chi connectivity index (χ1) is 15.1. The molecule has 2 N–H and O–H groups in total. The first kappa shape index (κ1) is 20.3. The Balaban J connectivity index is 1.57. The van der Waals surface area contributed by atoms with Crippen molar-refractivity contribution in [3.05, 3.63) is 112 Å². The number of amides is 2. The molecule has 1 aromatic heterocycles. The molecule has 2 amide bonds. The third kappa shape index (κ3) is 5.14. The maximum absolute atomic E-state index is 13.3. The van der Waals surface area contributed by atoms with E-state index in [9.17, 15) is 14.0 Å². The number of urea groups is 1. The van der Waals surface area contributed by atoms with Crippen LogP contribution in [0.5, 0.6) is 0 Å². The summed E-state index contributed by atoms with van der Waals surface area (Å²) in [6.07, 6.45) is 0. The highest BCUT2D eigenvalue weighted by Crippen LogP contribution is 2.12. The number of carbonyl (C=O) groups excluding carboxylic acids is 1. The lowest BCUT2D eigenvalue weighted by Crippen LogP contribution is -2.39. The van der Waals surface area contributed by atoms with Gasteiger partial charge >= 0.3 is 6.03 Å². The van der Waals surface area contributed by atoms with Gasteiger partial charge in [-0.25, -0.2) is 14.2 Å². The Labute approximate surface area is 178 Å². The quantitative estimate of drug-likeness (QED) is 0.499. The maximum atomic E-state index is 13.3. The number of hydrogen-bond donors (Lipinski definition) is 2. The molecule has 0 aliphatic carbocycles. The zero-order valence-electron chi connectivity index (χ0n) is 16.7. The van der Waals surface area contributed by atoms with E-state index in [4.69, 9.17) is 0 Å². The lowest BCUT2D eigenvalue weighted by molar-refractivity contribution is 0.190. The zero-order valence-corrected chi connectivity index (χ0v) is 16.7. The number of benzene rings is 3. The number of aromatic nitrogens is 2. The van der Waals surface area contributed by atoms with Gasteiger partial charge < -0.3 is 15.2 Å². The molecule has 0 atom stereocenters. The van der Waals surface area contributed by atoms with Crippen LogP contribution >= 0.6 is 0 Å². The number of fused-ring (bicyclic) bond motifs is 1. The van der Waals surface area contributed by atoms with Gasteiger partial charge in [-0.1, -0.05) is 54.6 Å². The summed E-state index contributed by atoms with van der Waals surface area (Å²) in [5.41, 5.74) is 2.04. The topological polar surface area (TPSA) is 78.1 Å². The number of H-pyrrole nitrogens is 1. The first-order valence-electron chi connectivity index (χ1n) is 9.87. The molecule has 3 aromatic carbocycles. The van der Waals surface area contributed by atoms with Crippen molar-refractivity contribution in [2.75, 3.05) is 0 Å². The van der Waals surface area contributed by atoms with Gasteiger partial charge in [-0.3, -0.25) is 4.79 Å². The van der Waals surface area contributed by atoms with E-state index in [-0.39, 0.29) is 30.5 Å². The van der Waals surface area contributed by atoms with Crippen LogP contribution in [0.15, 0.2) is 83.7 Å². The van der Waals surface area contributed by atoms with Crippen LogP contribution in [0.25, 0.3) is 10.9 Å². The van der Waals surface area contributed by atoms with Gasteiger partial charge in [0, 0.05) is 13.1 Å². The fourth-order valence-electron chi connectivity index (χ4n) is 3.29. The zero-order chi connectivity index (χ0) is 21.6. The van der Waals surface area contributed by atoms with Gasteiger partial charge in [0.25, 0.3) is 5.56 Å². The van der Waals surface area contributed by atoms with Crippen LogP contribution in [0.4, 0.5) is 9.18 Å². The van der Waals surface area contributed by atoms with Crippen molar-refractivity contribution in [3.8, 4) is 0 Å². The summed E-state index contributed by atoms with van der Waals surface area (Å²) in [7, 11) is 0. The van der Waals surface area contributed by atoms with Crippen molar-refractivity contribution in [3.63, 3.8) is 0 Å². The summed E-state index contributed by atoms with van der Waals surface area (Å²) in [4.78, 5) is 34.1. The summed E-state index contributed by atoms with van der Waals surface area (Å²) < 4.78 is 13.3. The fourth-order valence-corrected chi connectivity index (χ4v) is 3.29. The number of nitrogens with one attached hydrogen (secondary N) is 2. The van der Waals surface area contributed by atoms with E-state index in [1.165, 1.54) is 17.0 Å². The minimum atomic E-state index is -0.343. The van der Waals surface area contributed by atoms with Crippen molar-refractivity contribution in [2.24, 2.45) is 0 Å². The molecular formula is C24H21FN4O2. The lowest BCUT2D eigenvalue weighted by Gasteiger charge is -2.23. The molecule has 0 saturated carbocycles. The van der Waals surface area contributed by atoms with Gasteiger partial charge in [0.15, 0.2) is 0 Å². The molecule has 0 aliphatic rings. The van der Waals surface area contributed by atoms with Crippen molar-refractivity contribution in [1.82, 2.24) is 20.2 Å². The summed E-state index contributed by atoms with van der Waals surface area (Å²) in [5.74, 6) is 0.0324. The van der Waals surface area contributed by atoms with E-state index in [0.717, 1.165) is 11.1 Å². The summed E-state index contributed by atoms with van der Waals surface area (Å²) in [6.45, 7) is 0.691. The van der Waals surface area contributed by atoms with Crippen LogP contribution in [0.2, 0.25) is 0 Å². The second-order valence-electron chi connectivity index (χ2n) is 7.16. The highest BCUT2D eigenvalue weighted by Gasteiger charge is 2.16. The summed E-state index contributed by atoms with van der Waals surface area (Å²) in [6, 6.07) is 22.3. The van der Waals surface area contributed by atoms with Crippen LogP contribution < -0.4 is 10.9 Å². The smallest absolute Gasteiger partial charge is 0.318 e. The van der Waals surface area contributed by atoms with Gasteiger partial charge in [-0.05, 0) is 35.4 Å². The molecular weight excluding hydrogens is 395 g/mol. The molecule has 1 heterocycles. The van der Waals surface area contributed by atoms with Gasteiger partial charge in [0.05, 0.1) is 17.4 Å². The monoisotopic (exact) mass is 416 g/mol. The number of halogens is 1. The van der Waals surface area contributed by atoms with Crippen molar-refractivity contribution in [2.45, 2.75) is 19.6 Å².